The minimum absolute atomic E-state index is 0.328. The van der Waals surface area contributed by atoms with Gasteiger partial charge in [0.1, 0.15) is 11.6 Å². The van der Waals surface area contributed by atoms with E-state index in [-0.39, 0.29) is 0 Å². The molecule has 0 saturated carbocycles. The first-order chi connectivity index (χ1) is 8.61. The van der Waals surface area contributed by atoms with Crippen molar-refractivity contribution in [2.24, 2.45) is 0 Å². The summed E-state index contributed by atoms with van der Waals surface area (Å²) in [4.78, 5) is 8.73. The zero-order valence-corrected chi connectivity index (χ0v) is 12.0. The number of ether oxygens (including phenoxy) is 1. The summed E-state index contributed by atoms with van der Waals surface area (Å²) in [5.74, 6) is 1.77. The molecular formula is C14H25N3O. The van der Waals surface area contributed by atoms with Crippen molar-refractivity contribution < 1.29 is 4.74 Å². The van der Waals surface area contributed by atoms with Crippen LogP contribution in [0.2, 0.25) is 0 Å². The van der Waals surface area contributed by atoms with Crippen LogP contribution in [0.25, 0.3) is 0 Å². The standard InChI is InChI=1S/C14H25N3O/c1-5-13-10-14(17-12(4)16-13)15-8-6-7-9-18-11(2)3/h10-11H,5-9H2,1-4H3,(H,15,16,17). The molecule has 4 nitrogen and oxygen atoms in total. The fourth-order valence-corrected chi connectivity index (χ4v) is 1.66. The van der Waals surface area contributed by atoms with Crippen LogP contribution in [-0.2, 0) is 11.2 Å². The molecule has 0 aromatic carbocycles. The maximum atomic E-state index is 5.50. The van der Waals surface area contributed by atoms with E-state index in [0.29, 0.717) is 6.10 Å². The summed E-state index contributed by atoms with van der Waals surface area (Å²) in [7, 11) is 0. The van der Waals surface area contributed by atoms with Gasteiger partial charge in [-0.3, -0.25) is 0 Å². The van der Waals surface area contributed by atoms with Crippen molar-refractivity contribution in [3.63, 3.8) is 0 Å². The highest BCUT2D eigenvalue weighted by Gasteiger charge is 2.00. The number of nitrogens with one attached hydrogen (secondary N) is 1. The average molecular weight is 251 g/mol. The predicted octanol–water partition coefficient (Wildman–Crippen LogP) is 2.96. The first-order valence-corrected chi connectivity index (χ1v) is 6.82. The first-order valence-electron chi connectivity index (χ1n) is 6.82. The molecule has 0 unspecified atom stereocenters. The van der Waals surface area contributed by atoms with Crippen molar-refractivity contribution >= 4 is 5.82 Å². The van der Waals surface area contributed by atoms with Gasteiger partial charge in [-0.1, -0.05) is 6.92 Å². The molecule has 0 spiro atoms. The van der Waals surface area contributed by atoms with Crippen LogP contribution in [0.4, 0.5) is 5.82 Å². The Morgan fingerprint density at radius 3 is 2.72 bits per heavy atom. The van der Waals surface area contributed by atoms with Gasteiger partial charge < -0.3 is 10.1 Å². The summed E-state index contributed by atoms with van der Waals surface area (Å²) in [6, 6.07) is 2.03. The molecule has 0 amide bonds. The lowest BCUT2D eigenvalue weighted by molar-refractivity contribution is 0.0765. The Balaban J connectivity index is 2.24. The molecule has 4 heteroatoms. The number of hydrogen-bond acceptors (Lipinski definition) is 4. The van der Waals surface area contributed by atoms with Gasteiger partial charge in [-0.15, -0.1) is 0 Å². The fraction of sp³-hybridized carbons (Fsp3) is 0.714. The van der Waals surface area contributed by atoms with E-state index in [4.69, 9.17) is 4.74 Å². The number of hydrogen-bond donors (Lipinski definition) is 1. The minimum Gasteiger partial charge on any atom is -0.379 e. The lowest BCUT2D eigenvalue weighted by Gasteiger charge is -2.09. The van der Waals surface area contributed by atoms with Crippen LogP contribution in [0.3, 0.4) is 0 Å². The Hall–Kier alpha value is -1.16. The van der Waals surface area contributed by atoms with Crippen LogP contribution in [0.15, 0.2) is 6.07 Å². The van der Waals surface area contributed by atoms with E-state index < -0.39 is 0 Å². The zero-order chi connectivity index (χ0) is 13.4. The molecule has 1 aromatic rings. The molecule has 102 valence electrons. The number of anilines is 1. The summed E-state index contributed by atoms with van der Waals surface area (Å²) >= 11 is 0. The molecule has 0 fully saturated rings. The first kappa shape index (κ1) is 14.9. The number of unbranched alkanes of at least 4 members (excludes halogenated alkanes) is 1. The molecule has 1 aromatic heterocycles. The number of rotatable bonds is 8. The zero-order valence-electron chi connectivity index (χ0n) is 12.0. The van der Waals surface area contributed by atoms with Crippen molar-refractivity contribution in [1.82, 2.24) is 9.97 Å². The quantitative estimate of drug-likeness (QED) is 0.722. The van der Waals surface area contributed by atoms with Crippen LogP contribution in [-0.4, -0.2) is 29.2 Å². The van der Waals surface area contributed by atoms with Crippen molar-refractivity contribution in [1.29, 1.82) is 0 Å². The molecule has 0 aliphatic carbocycles. The molecular weight excluding hydrogens is 226 g/mol. The maximum Gasteiger partial charge on any atom is 0.129 e. The van der Waals surface area contributed by atoms with Crippen LogP contribution in [0.5, 0.6) is 0 Å². The van der Waals surface area contributed by atoms with Gasteiger partial charge >= 0.3 is 0 Å². The second-order valence-electron chi connectivity index (χ2n) is 4.70. The maximum absolute atomic E-state index is 5.50. The van der Waals surface area contributed by atoms with E-state index in [1.165, 1.54) is 0 Å². The molecule has 0 aliphatic rings. The number of aryl methyl sites for hydroxylation is 2. The molecule has 0 aliphatic heterocycles. The van der Waals surface area contributed by atoms with Crippen molar-refractivity contribution in [2.75, 3.05) is 18.5 Å². The van der Waals surface area contributed by atoms with Gasteiger partial charge in [0.25, 0.3) is 0 Å². The third-order valence-corrected chi connectivity index (χ3v) is 2.58. The third-order valence-electron chi connectivity index (χ3n) is 2.58. The number of nitrogens with zero attached hydrogens (tertiary/aromatic N) is 2. The van der Waals surface area contributed by atoms with Crippen LogP contribution in [0, 0.1) is 6.92 Å². The molecule has 0 bridgehead atoms. The molecule has 18 heavy (non-hydrogen) atoms. The monoisotopic (exact) mass is 251 g/mol. The van der Waals surface area contributed by atoms with E-state index in [1.807, 2.05) is 13.0 Å². The Morgan fingerprint density at radius 1 is 1.28 bits per heavy atom. The van der Waals surface area contributed by atoms with Gasteiger partial charge in [-0.2, -0.15) is 0 Å². The van der Waals surface area contributed by atoms with Crippen LogP contribution >= 0.6 is 0 Å². The van der Waals surface area contributed by atoms with E-state index in [1.54, 1.807) is 0 Å². The Bertz CT molecular complexity index is 353. The second-order valence-corrected chi connectivity index (χ2v) is 4.70. The summed E-state index contributed by atoms with van der Waals surface area (Å²) in [6.07, 6.45) is 3.45. The topological polar surface area (TPSA) is 47.0 Å². The Morgan fingerprint density at radius 2 is 2.06 bits per heavy atom. The van der Waals surface area contributed by atoms with Crippen molar-refractivity contribution in [3.05, 3.63) is 17.6 Å². The largest absolute Gasteiger partial charge is 0.379 e. The van der Waals surface area contributed by atoms with E-state index in [9.17, 15) is 0 Å². The number of aromatic nitrogens is 2. The second kappa shape index (κ2) is 8.03. The van der Waals surface area contributed by atoms with Gasteiger partial charge in [0.2, 0.25) is 0 Å². The SMILES string of the molecule is CCc1cc(NCCCCOC(C)C)nc(C)n1. The van der Waals surface area contributed by atoms with Gasteiger partial charge in [0.05, 0.1) is 6.10 Å². The van der Waals surface area contributed by atoms with E-state index >= 15 is 0 Å². The van der Waals surface area contributed by atoms with Gasteiger partial charge in [-0.05, 0) is 40.0 Å². The molecule has 1 heterocycles. The van der Waals surface area contributed by atoms with E-state index in [0.717, 1.165) is 49.8 Å². The average Bonchev–Trinajstić information content (AvgIpc) is 2.32. The summed E-state index contributed by atoms with van der Waals surface area (Å²) in [5.41, 5.74) is 1.09. The lowest BCUT2D eigenvalue weighted by Crippen LogP contribution is -2.08. The molecule has 0 atom stereocenters. The van der Waals surface area contributed by atoms with Crippen molar-refractivity contribution in [3.8, 4) is 0 Å². The summed E-state index contributed by atoms with van der Waals surface area (Å²) < 4.78 is 5.50. The molecule has 1 N–H and O–H groups in total. The Labute approximate surface area is 110 Å². The van der Waals surface area contributed by atoms with Crippen molar-refractivity contribution in [2.45, 2.75) is 53.1 Å². The highest BCUT2D eigenvalue weighted by Crippen LogP contribution is 2.07. The highest BCUT2D eigenvalue weighted by atomic mass is 16.5. The third kappa shape index (κ3) is 5.96. The summed E-state index contributed by atoms with van der Waals surface area (Å²) in [6.45, 7) is 9.93. The normalized spacial score (nSPS) is 10.9. The van der Waals surface area contributed by atoms with Gasteiger partial charge in [0, 0.05) is 24.9 Å². The predicted molar refractivity (Wildman–Crippen MR) is 75.0 cm³/mol. The fourth-order valence-electron chi connectivity index (χ4n) is 1.66. The van der Waals surface area contributed by atoms with Gasteiger partial charge in [0.15, 0.2) is 0 Å². The molecule has 1 rings (SSSR count). The molecule has 0 radical (unpaired) electrons. The van der Waals surface area contributed by atoms with E-state index in [2.05, 4.69) is 36.1 Å². The Kier molecular flexibility index (Phi) is 6.65. The van der Waals surface area contributed by atoms with Gasteiger partial charge in [-0.25, -0.2) is 9.97 Å². The van der Waals surface area contributed by atoms with Crippen LogP contribution < -0.4 is 5.32 Å². The smallest absolute Gasteiger partial charge is 0.129 e. The van der Waals surface area contributed by atoms with Crippen LogP contribution in [0.1, 0.15) is 45.1 Å². The molecule has 0 saturated heterocycles. The minimum atomic E-state index is 0.328. The highest BCUT2D eigenvalue weighted by molar-refractivity contribution is 5.35. The lowest BCUT2D eigenvalue weighted by atomic mass is 10.3. The summed E-state index contributed by atoms with van der Waals surface area (Å²) in [5, 5.41) is 3.34.